The first-order valence-electron chi connectivity index (χ1n) is 12.7. The van der Waals surface area contributed by atoms with Gasteiger partial charge in [0, 0.05) is 11.1 Å². The molecule has 0 heterocycles. The average Bonchev–Trinajstić information content (AvgIpc) is 3.02. The summed E-state index contributed by atoms with van der Waals surface area (Å²) in [6.45, 7) is 0.838. The van der Waals surface area contributed by atoms with Gasteiger partial charge in [0.1, 0.15) is 36.2 Å². The molecular formula is C34H30O6. The highest BCUT2D eigenvalue weighted by Crippen LogP contribution is 2.21. The summed E-state index contributed by atoms with van der Waals surface area (Å²) in [5.41, 5.74) is 4.14. The van der Waals surface area contributed by atoms with E-state index in [1.165, 1.54) is 0 Å². The molecule has 0 unspecified atom stereocenters. The Balaban J connectivity index is 1.37. The van der Waals surface area contributed by atoms with Gasteiger partial charge in [0.25, 0.3) is 0 Å². The van der Waals surface area contributed by atoms with Crippen molar-refractivity contribution in [3.8, 4) is 23.0 Å². The van der Waals surface area contributed by atoms with Crippen molar-refractivity contribution >= 4 is 24.7 Å². The van der Waals surface area contributed by atoms with Crippen LogP contribution in [0.4, 0.5) is 0 Å². The number of hydrogen-bond donors (Lipinski definition) is 0. The molecule has 0 amide bonds. The summed E-state index contributed by atoms with van der Waals surface area (Å²) < 4.78 is 22.0. The highest BCUT2D eigenvalue weighted by molar-refractivity contribution is 6.02. The van der Waals surface area contributed by atoms with E-state index in [4.69, 9.17) is 18.9 Å². The third-order valence-electron chi connectivity index (χ3n) is 6.12. The molecule has 0 saturated carbocycles. The minimum atomic E-state index is 0.279. The van der Waals surface area contributed by atoms with E-state index in [-0.39, 0.29) is 11.1 Å². The zero-order valence-electron chi connectivity index (χ0n) is 22.4. The summed E-state index contributed by atoms with van der Waals surface area (Å²) in [6, 6.07) is 30.0. The molecule has 0 aromatic heterocycles. The highest BCUT2D eigenvalue weighted by atomic mass is 16.5. The Morgan fingerprint density at radius 2 is 0.825 bits per heavy atom. The number of aldehydes is 2. The van der Waals surface area contributed by atoms with Crippen molar-refractivity contribution in [2.24, 2.45) is 0 Å². The van der Waals surface area contributed by atoms with Crippen LogP contribution in [0.25, 0.3) is 12.2 Å². The maximum Gasteiger partial charge on any atom is 0.150 e. The fourth-order valence-electron chi connectivity index (χ4n) is 3.83. The second kappa shape index (κ2) is 14.2. The van der Waals surface area contributed by atoms with E-state index in [0.717, 1.165) is 33.8 Å². The Bertz CT molecular complexity index is 1330. The number of benzene rings is 4. The molecule has 4 aromatic rings. The second-order valence-corrected chi connectivity index (χ2v) is 8.85. The maximum atomic E-state index is 11.9. The number of methoxy groups -OCH3 is 2. The molecule has 0 aliphatic rings. The van der Waals surface area contributed by atoms with Crippen LogP contribution in [0.1, 0.15) is 22.3 Å². The summed E-state index contributed by atoms with van der Waals surface area (Å²) in [5, 5.41) is 0. The highest BCUT2D eigenvalue weighted by Gasteiger charge is 2.06. The normalized spacial score (nSPS) is 11.4. The Hall–Kier alpha value is -5.10. The topological polar surface area (TPSA) is 71.1 Å². The maximum absolute atomic E-state index is 11.9. The largest absolute Gasteiger partial charge is 0.497 e. The quantitative estimate of drug-likeness (QED) is 0.108. The predicted molar refractivity (Wildman–Crippen MR) is 156 cm³/mol. The molecular weight excluding hydrogens is 504 g/mol. The molecule has 6 heteroatoms. The number of ether oxygens (including phenoxy) is 4. The van der Waals surface area contributed by atoms with E-state index in [0.29, 0.717) is 37.3 Å². The van der Waals surface area contributed by atoms with Crippen LogP contribution in [0, 0.1) is 0 Å². The number of carbonyl (C=O) groups excluding carboxylic acids is 2. The van der Waals surface area contributed by atoms with Crippen molar-refractivity contribution in [3.63, 3.8) is 0 Å². The molecule has 0 bridgehead atoms. The van der Waals surface area contributed by atoms with Gasteiger partial charge in [-0.25, -0.2) is 0 Å². The van der Waals surface area contributed by atoms with Gasteiger partial charge in [-0.15, -0.1) is 0 Å². The predicted octanol–water partition coefficient (Wildman–Crippen LogP) is 6.73. The summed E-state index contributed by atoms with van der Waals surface area (Å²) in [4.78, 5) is 23.7. The summed E-state index contributed by atoms with van der Waals surface area (Å²) >= 11 is 0. The van der Waals surface area contributed by atoms with Crippen molar-refractivity contribution in [3.05, 3.63) is 130 Å². The number of allylic oxidation sites excluding steroid dienone is 2. The van der Waals surface area contributed by atoms with Gasteiger partial charge in [-0.05, 0) is 82.9 Å². The minimum Gasteiger partial charge on any atom is -0.497 e. The molecule has 40 heavy (non-hydrogen) atoms. The minimum absolute atomic E-state index is 0.279. The van der Waals surface area contributed by atoms with E-state index < -0.39 is 0 Å². The number of hydrogen-bond acceptors (Lipinski definition) is 6. The molecule has 6 nitrogen and oxygen atoms in total. The molecule has 0 aliphatic carbocycles. The lowest BCUT2D eigenvalue weighted by Crippen LogP contribution is -1.96. The number of rotatable bonds is 13. The van der Waals surface area contributed by atoms with Crippen LogP contribution < -0.4 is 18.9 Å². The van der Waals surface area contributed by atoms with Crippen LogP contribution in [0.3, 0.4) is 0 Å². The standard InChI is InChI=1S/C34H30O6/c1-37-31-11-7-27(8-12-31)23-39-33-15-3-25(4-16-33)19-29(21-35)30(22-36)20-26-5-17-34(18-6-26)40-24-28-9-13-32(38-2)14-10-28/h3-22H,23-24H2,1-2H3/b29-19+,30-20+. The van der Waals surface area contributed by atoms with Crippen LogP contribution in [-0.2, 0) is 22.8 Å². The summed E-state index contributed by atoms with van der Waals surface area (Å²) in [7, 11) is 3.26. The smallest absolute Gasteiger partial charge is 0.150 e. The molecule has 0 N–H and O–H groups in total. The van der Waals surface area contributed by atoms with Gasteiger partial charge in [0.2, 0.25) is 0 Å². The molecule has 0 atom stereocenters. The second-order valence-electron chi connectivity index (χ2n) is 8.85. The van der Waals surface area contributed by atoms with Crippen molar-refractivity contribution in [1.82, 2.24) is 0 Å². The molecule has 0 spiro atoms. The van der Waals surface area contributed by atoms with Gasteiger partial charge in [0.05, 0.1) is 14.2 Å². The first-order valence-corrected chi connectivity index (χ1v) is 12.7. The van der Waals surface area contributed by atoms with Crippen LogP contribution in [0.15, 0.2) is 108 Å². The third-order valence-corrected chi connectivity index (χ3v) is 6.12. The summed E-state index contributed by atoms with van der Waals surface area (Å²) in [5.74, 6) is 2.98. The van der Waals surface area contributed by atoms with E-state index in [1.54, 1.807) is 26.4 Å². The van der Waals surface area contributed by atoms with Gasteiger partial charge in [0.15, 0.2) is 12.6 Å². The van der Waals surface area contributed by atoms with Crippen molar-refractivity contribution in [2.75, 3.05) is 14.2 Å². The lowest BCUT2D eigenvalue weighted by atomic mass is 10.0. The molecule has 0 fully saturated rings. The number of carbonyl (C=O) groups is 2. The lowest BCUT2D eigenvalue weighted by molar-refractivity contribution is -0.107. The van der Waals surface area contributed by atoms with E-state index >= 15 is 0 Å². The first kappa shape index (κ1) is 27.9. The Labute approximate surface area is 234 Å². The first-order chi connectivity index (χ1) is 19.6. The van der Waals surface area contributed by atoms with Gasteiger partial charge in [-0.1, -0.05) is 48.5 Å². The fraction of sp³-hybridized carbons (Fsp3) is 0.118. The van der Waals surface area contributed by atoms with E-state index in [1.807, 2.05) is 97.1 Å². The lowest BCUT2D eigenvalue weighted by Gasteiger charge is -2.08. The zero-order valence-corrected chi connectivity index (χ0v) is 22.4. The van der Waals surface area contributed by atoms with Gasteiger partial charge in [-0.2, -0.15) is 0 Å². The van der Waals surface area contributed by atoms with Crippen LogP contribution in [0.2, 0.25) is 0 Å². The van der Waals surface area contributed by atoms with Crippen molar-refractivity contribution in [2.45, 2.75) is 13.2 Å². The zero-order chi connectivity index (χ0) is 28.2. The molecule has 0 saturated heterocycles. The molecule has 4 aromatic carbocycles. The molecule has 4 rings (SSSR count). The SMILES string of the molecule is COc1ccc(COc2ccc(/C=C(C=O)/C(C=O)=C/c3ccc(OCc4ccc(OC)cc4)cc3)cc2)cc1. The Morgan fingerprint density at radius 1 is 0.500 bits per heavy atom. The van der Waals surface area contributed by atoms with Crippen molar-refractivity contribution in [1.29, 1.82) is 0 Å². The van der Waals surface area contributed by atoms with E-state index in [9.17, 15) is 9.59 Å². The fourth-order valence-corrected chi connectivity index (χ4v) is 3.83. The Kier molecular flexibility index (Phi) is 9.89. The average molecular weight is 535 g/mol. The van der Waals surface area contributed by atoms with Gasteiger partial charge < -0.3 is 18.9 Å². The summed E-state index contributed by atoms with van der Waals surface area (Å²) in [6.07, 6.45) is 4.71. The molecule has 0 aliphatic heterocycles. The van der Waals surface area contributed by atoms with Crippen LogP contribution in [0.5, 0.6) is 23.0 Å². The van der Waals surface area contributed by atoms with E-state index in [2.05, 4.69) is 0 Å². The Morgan fingerprint density at radius 3 is 1.12 bits per heavy atom. The van der Waals surface area contributed by atoms with Crippen LogP contribution in [-0.4, -0.2) is 26.8 Å². The van der Waals surface area contributed by atoms with Gasteiger partial charge in [-0.3, -0.25) is 9.59 Å². The van der Waals surface area contributed by atoms with Crippen molar-refractivity contribution < 1.29 is 28.5 Å². The molecule has 0 radical (unpaired) electrons. The monoisotopic (exact) mass is 534 g/mol. The third kappa shape index (κ3) is 7.95. The molecule has 202 valence electrons. The van der Waals surface area contributed by atoms with Crippen LogP contribution >= 0.6 is 0 Å². The van der Waals surface area contributed by atoms with Gasteiger partial charge >= 0.3 is 0 Å².